The van der Waals surface area contributed by atoms with Crippen molar-refractivity contribution in [3.63, 3.8) is 0 Å². The Morgan fingerprint density at radius 2 is 1.88 bits per heavy atom. The van der Waals surface area contributed by atoms with E-state index >= 15 is 0 Å². The van der Waals surface area contributed by atoms with Gasteiger partial charge in [0.1, 0.15) is 18.2 Å². The van der Waals surface area contributed by atoms with Crippen molar-refractivity contribution in [2.24, 2.45) is 7.05 Å². The molecule has 0 aliphatic rings. The van der Waals surface area contributed by atoms with Gasteiger partial charge < -0.3 is 9.47 Å². The molecule has 0 aliphatic carbocycles. The summed E-state index contributed by atoms with van der Waals surface area (Å²) in [6.07, 6.45) is 0. The first kappa shape index (κ1) is 17.4. The molecule has 3 rings (SSSR count). The molecule has 1 heterocycles. The zero-order chi connectivity index (χ0) is 18.0. The van der Waals surface area contributed by atoms with Crippen LogP contribution < -0.4 is 4.90 Å². The Morgan fingerprint density at radius 3 is 2.60 bits per heavy atom. The molecule has 0 radical (unpaired) electrons. The van der Waals surface area contributed by atoms with E-state index in [-0.39, 0.29) is 11.6 Å². The molecule has 130 valence electrons. The Hall–Kier alpha value is -2.38. The first-order valence-corrected chi connectivity index (χ1v) is 8.31. The summed E-state index contributed by atoms with van der Waals surface area (Å²) in [4.78, 5) is 1.08. The lowest BCUT2D eigenvalue weighted by Gasteiger charge is -2.13. The summed E-state index contributed by atoms with van der Waals surface area (Å²) < 4.78 is 31.2. The summed E-state index contributed by atoms with van der Waals surface area (Å²) in [7, 11) is 3.75. The number of benzene rings is 2. The predicted octanol–water partition coefficient (Wildman–Crippen LogP) is 2.57. The fraction of sp³-hybridized carbons (Fsp3) is 0.222. The highest BCUT2D eigenvalue weighted by Gasteiger charge is 2.15. The number of halogens is 2. The van der Waals surface area contributed by atoms with Gasteiger partial charge in [0.2, 0.25) is 4.77 Å². The molecule has 25 heavy (non-hydrogen) atoms. The summed E-state index contributed by atoms with van der Waals surface area (Å²) >= 11 is 5.43. The Morgan fingerprint density at radius 1 is 1.12 bits per heavy atom. The van der Waals surface area contributed by atoms with Gasteiger partial charge in [-0.2, -0.15) is 4.68 Å². The van der Waals surface area contributed by atoms with E-state index in [1.54, 1.807) is 40.6 Å². The SMILES string of the molecule is Cn1c(-c2ccccc2F)nn(C[NH+](C)Cc2cccc(F)c2)c1=S. The van der Waals surface area contributed by atoms with Gasteiger partial charge in [-0.3, -0.25) is 0 Å². The largest absolute Gasteiger partial charge is 0.315 e. The van der Waals surface area contributed by atoms with Crippen LogP contribution in [0.4, 0.5) is 8.78 Å². The molecule has 0 spiro atoms. The number of rotatable bonds is 5. The Bertz CT molecular complexity index is 948. The number of hydrogen-bond donors (Lipinski definition) is 1. The third-order valence-corrected chi connectivity index (χ3v) is 4.45. The highest BCUT2D eigenvalue weighted by atomic mass is 32.1. The second kappa shape index (κ2) is 7.25. The van der Waals surface area contributed by atoms with Crippen molar-refractivity contribution in [2.75, 3.05) is 7.05 Å². The fourth-order valence-electron chi connectivity index (χ4n) is 2.77. The minimum Gasteiger partial charge on any atom is -0.315 e. The number of nitrogens with one attached hydrogen (secondary N) is 1. The third kappa shape index (κ3) is 3.83. The first-order chi connectivity index (χ1) is 12.0. The van der Waals surface area contributed by atoms with E-state index in [9.17, 15) is 8.78 Å². The summed E-state index contributed by atoms with van der Waals surface area (Å²) in [6.45, 7) is 1.13. The van der Waals surface area contributed by atoms with Crippen LogP contribution in [-0.4, -0.2) is 21.4 Å². The molecule has 0 saturated carbocycles. The molecule has 7 heteroatoms. The lowest BCUT2D eigenvalue weighted by atomic mass is 10.2. The van der Waals surface area contributed by atoms with Gasteiger partial charge in [0.05, 0.1) is 12.6 Å². The molecule has 0 bridgehead atoms. The van der Waals surface area contributed by atoms with Gasteiger partial charge in [-0.05, 0) is 36.5 Å². The minimum absolute atomic E-state index is 0.249. The zero-order valence-corrected chi connectivity index (χ0v) is 14.9. The van der Waals surface area contributed by atoms with Crippen LogP contribution >= 0.6 is 12.2 Å². The maximum absolute atomic E-state index is 14.0. The van der Waals surface area contributed by atoms with E-state index in [4.69, 9.17) is 12.2 Å². The van der Waals surface area contributed by atoms with E-state index in [0.717, 1.165) is 10.5 Å². The highest BCUT2D eigenvalue weighted by molar-refractivity contribution is 7.71. The maximum atomic E-state index is 14.0. The summed E-state index contributed by atoms with van der Waals surface area (Å²) in [6, 6.07) is 13.0. The van der Waals surface area contributed by atoms with Crippen LogP contribution in [0.2, 0.25) is 0 Å². The first-order valence-electron chi connectivity index (χ1n) is 7.90. The number of aromatic nitrogens is 3. The van der Waals surface area contributed by atoms with Crippen LogP contribution in [0.1, 0.15) is 5.56 Å². The molecule has 1 unspecified atom stereocenters. The second-order valence-corrected chi connectivity index (χ2v) is 6.43. The van der Waals surface area contributed by atoms with Crippen LogP contribution in [0.3, 0.4) is 0 Å². The monoisotopic (exact) mass is 361 g/mol. The molecule has 1 aromatic heterocycles. The van der Waals surface area contributed by atoms with Crippen LogP contribution in [0.5, 0.6) is 0 Å². The van der Waals surface area contributed by atoms with Gasteiger partial charge in [-0.25, -0.2) is 8.78 Å². The predicted molar refractivity (Wildman–Crippen MR) is 94.4 cm³/mol. The van der Waals surface area contributed by atoms with Gasteiger partial charge in [0.25, 0.3) is 0 Å². The Balaban J connectivity index is 1.83. The lowest BCUT2D eigenvalue weighted by Crippen LogP contribution is -3.07. The normalized spacial score (nSPS) is 12.3. The van der Waals surface area contributed by atoms with Gasteiger partial charge in [-0.1, -0.05) is 24.3 Å². The molecule has 3 aromatic rings. The van der Waals surface area contributed by atoms with Crippen LogP contribution in [-0.2, 0) is 20.3 Å². The van der Waals surface area contributed by atoms with Crippen molar-refractivity contribution in [3.8, 4) is 11.4 Å². The minimum atomic E-state index is -0.335. The van der Waals surface area contributed by atoms with E-state index in [2.05, 4.69) is 5.10 Å². The van der Waals surface area contributed by atoms with Crippen molar-refractivity contribution in [2.45, 2.75) is 13.2 Å². The van der Waals surface area contributed by atoms with E-state index < -0.39 is 0 Å². The standard InChI is InChI=1S/C18H18F2N4S/c1-22(11-13-6-5-7-14(19)10-13)12-24-18(25)23(2)17(21-24)15-8-3-4-9-16(15)20/h3-10H,11-12H2,1-2H3/p+1. The number of hydrogen-bond acceptors (Lipinski definition) is 2. The summed E-state index contributed by atoms with van der Waals surface area (Å²) in [5.41, 5.74) is 1.31. The molecule has 0 amide bonds. The number of nitrogens with zero attached hydrogens (tertiary/aromatic N) is 3. The van der Waals surface area contributed by atoms with E-state index in [1.807, 2.05) is 13.1 Å². The van der Waals surface area contributed by atoms with Gasteiger partial charge in [-0.15, -0.1) is 5.10 Å². The Labute approximate surface area is 149 Å². The molecular formula is C18H19F2N4S+. The average Bonchev–Trinajstić information content (AvgIpc) is 2.83. The van der Waals surface area contributed by atoms with E-state index in [1.165, 1.54) is 18.2 Å². The fourth-order valence-corrected chi connectivity index (χ4v) is 2.97. The maximum Gasteiger partial charge on any atom is 0.202 e. The quantitative estimate of drug-likeness (QED) is 0.707. The van der Waals surface area contributed by atoms with Crippen molar-refractivity contribution in [1.82, 2.24) is 14.3 Å². The van der Waals surface area contributed by atoms with Crippen molar-refractivity contribution in [3.05, 3.63) is 70.5 Å². The van der Waals surface area contributed by atoms with Crippen LogP contribution in [0.25, 0.3) is 11.4 Å². The molecule has 0 fully saturated rings. The van der Waals surface area contributed by atoms with Crippen LogP contribution in [0, 0.1) is 16.4 Å². The Kier molecular flexibility index (Phi) is 5.06. The van der Waals surface area contributed by atoms with Crippen LogP contribution in [0.15, 0.2) is 48.5 Å². The summed E-state index contributed by atoms with van der Waals surface area (Å²) in [5.74, 6) is -0.0959. The lowest BCUT2D eigenvalue weighted by molar-refractivity contribution is -0.917. The second-order valence-electron chi connectivity index (χ2n) is 6.07. The molecule has 4 nitrogen and oxygen atoms in total. The van der Waals surface area contributed by atoms with Gasteiger partial charge >= 0.3 is 0 Å². The third-order valence-electron chi connectivity index (χ3n) is 3.97. The van der Waals surface area contributed by atoms with Gasteiger partial charge in [0, 0.05) is 12.6 Å². The number of quaternary nitrogens is 1. The van der Waals surface area contributed by atoms with E-state index in [0.29, 0.717) is 29.4 Å². The van der Waals surface area contributed by atoms with Crippen molar-refractivity contribution < 1.29 is 13.7 Å². The molecular weight excluding hydrogens is 342 g/mol. The zero-order valence-electron chi connectivity index (χ0n) is 14.0. The highest BCUT2D eigenvalue weighted by Crippen LogP contribution is 2.20. The average molecular weight is 361 g/mol. The van der Waals surface area contributed by atoms with Crippen molar-refractivity contribution >= 4 is 12.2 Å². The molecule has 1 atom stereocenters. The topological polar surface area (TPSA) is 27.2 Å². The molecule has 2 aromatic carbocycles. The smallest absolute Gasteiger partial charge is 0.202 e. The van der Waals surface area contributed by atoms with Crippen molar-refractivity contribution in [1.29, 1.82) is 0 Å². The molecule has 1 N–H and O–H groups in total. The molecule has 0 saturated heterocycles. The van der Waals surface area contributed by atoms with Gasteiger partial charge in [0.15, 0.2) is 12.5 Å². The molecule has 0 aliphatic heterocycles. The summed E-state index contributed by atoms with van der Waals surface area (Å²) in [5, 5.41) is 4.48.